The molecule has 0 unspecified atom stereocenters. The Balaban J connectivity index is 2.06. The van der Waals surface area contributed by atoms with E-state index in [9.17, 15) is 0 Å². The van der Waals surface area contributed by atoms with Gasteiger partial charge < -0.3 is 5.11 Å². The van der Waals surface area contributed by atoms with E-state index in [2.05, 4.69) is 20.8 Å². The average Bonchev–Trinajstić information content (AvgIpc) is 2.10. The number of β-amino-alcohol motifs (C(OH)–C–C–N with tert-alkyl or cyclic N) is 1. The summed E-state index contributed by atoms with van der Waals surface area (Å²) < 4.78 is 0.928. The summed E-state index contributed by atoms with van der Waals surface area (Å²) in [7, 11) is 0. The first-order valence-electron chi connectivity index (χ1n) is 4.50. The lowest BCUT2D eigenvalue weighted by atomic mass is 10.1. The topological polar surface area (TPSA) is 23.5 Å². The molecule has 0 bridgehead atoms. The van der Waals surface area contributed by atoms with Crippen molar-refractivity contribution in [2.45, 2.75) is 12.6 Å². The summed E-state index contributed by atoms with van der Waals surface area (Å²) in [6.07, 6.45) is -0.152. The van der Waals surface area contributed by atoms with E-state index in [-0.39, 0.29) is 6.10 Å². The highest BCUT2D eigenvalue weighted by atomic mass is 79.9. The van der Waals surface area contributed by atoms with Gasteiger partial charge in [-0.2, -0.15) is 0 Å². The fourth-order valence-corrected chi connectivity index (χ4v) is 2.18. The van der Waals surface area contributed by atoms with Crippen LogP contribution in [0.1, 0.15) is 5.56 Å². The summed E-state index contributed by atoms with van der Waals surface area (Å²) in [4.78, 5) is 2.16. The molecule has 76 valence electrons. The highest BCUT2D eigenvalue weighted by Crippen LogP contribution is 2.27. The van der Waals surface area contributed by atoms with Gasteiger partial charge in [0, 0.05) is 24.1 Å². The van der Waals surface area contributed by atoms with Gasteiger partial charge in [-0.15, -0.1) is 0 Å². The van der Waals surface area contributed by atoms with E-state index in [0.717, 1.165) is 34.7 Å². The van der Waals surface area contributed by atoms with Crippen LogP contribution < -0.4 is 0 Å². The molecular weight excluding hydrogens is 265 g/mol. The number of nitrogens with zero attached hydrogens (tertiary/aromatic N) is 1. The summed E-state index contributed by atoms with van der Waals surface area (Å²) in [6.45, 7) is 2.32. The minimum absolute atomic E-state index is 0.152. The van der Waals surface area contributed by atoms with Crippen molar-refractivity contribution in [2.75, 3.05) is 13.1 Å². The zero-order valence-electron chi connectivity index (χ0n) is 7.58. The predicted octanol–water partition coefficient (Wildman–Crippen LogP) is 2.28. The largest absolute Gasteiger partial charge is 0.390 e. The van der Waals surface area contributed by atoms with Crippen LogP contribution in [0.15, 0.2) is 22.7 Å². The maximum atomic E-state index is 9.14. The van der Waals surface area contributed by atoms with Crippen LogP contribution in [0.3, 0.4) is 0 Å². The lowest BCUT2D eigenvalue weighted by molar-refractivity contribution is -0.00285. The quantitative estimate of drug-likeness (QED) is 0.896. The Morgan fingerprint density at radius 2 is 2.21 bits per heavy atom. The van der Waals surface area contributed by atoms with Crippen molar-refractivity contribution < 1.29 is 5.11 Å². The number of halogens is 2. The minimum atomic E-state index is -0.152. The van der Waals surface area contributed by atoms with Gasteiger partial charge >= 0.3 is 0 Å². The highest BCUT2D eigenvalue weighted by Gasteiger charge is 2.24. The van der Waals surface area contributed by atoms with Crippen molar-refractivity contribution in [3.05, 3.63) is 33.3 Å². The van der Waals surface area contributed by atoms with Gasteiger partial charge in [-0.1, -0.05) is 23.7 Å². The summed E-state index contributed by atoms with van der Waals surface area (Å²) in [6, 6.07) is 5.91. The van der Waals surface area contributed by atoms with E-state index in [4.69, 9.17) is 16.7 Å². The fourth-order valence-electron chi connectivity index (χ4n) is 1.58. The highest BCUT2D eigenvalue weighted by molar-refractivity contribution is 9.10. The first-order chi connectivity index (χ1) is 6.66. The molecule has 1 aromatic carbocycles. The third-order valence-electron chi connectivity index (χ3n) is 2.36. The fraction of sp³-hybridized carbons (Fsp3) is 0.400. The number of hydrogen-bond donors (Lipinski definition) is 1. The lowest BCUT2D eigenvalue weighted by Crippen LogP contribution is -2.49. The van der Waals surface area contributed by atoms with E-state index >= 15 is 0 Å². The van der Waals surface area contributed by atoms with Crippen molar-refractivity contribution in [2.24, 2.45) is 0 Å². The molecule has 1 aromatic rings. The van der Waals surface area contributed by atoms with Crippen LogP contribution >= 0.6 is 27.5 Å². The number of hydrogen-bond acceptors (Lipinski definition) is 2. The second kappa shape index (κ2) is 4.19. The molecule has 0 aromatic heterocycles. The first kappa shape index (κ1) is 10.4. The van der Waals surface area contributed by atoms with Gasteiger partial charge in [0.2, 0.25) is 0 Å². The monoisotopic (exact) mass is 275 g/mol. The molecule has 0 radical (unpaired) electrons. The zero-order chi connectivity index (χ0) is 10.1. The Morgan fingerprint density at radius 3 is 2.86 bits per heavy atom. The first-order valence-corrected chi connectivity index (χ1v) is 5.67. The Morgan fingerprint density at radius 1 is 1.50 bits per heavy atom. The molecule has 0 saturated carbocycles. The maximum Gasteiger partial charge on any atom is 0.0794 e. The van der Waals surface area contributed by atoms with E-state index in [1.165, 1.54) is 0 Å². The molecule has 1 N–H and O–H groups in total. The number of benzene rings is 1. The van der Waals surface area contributed by atoms with Gasteiger partial charge in [-0.3, -0.25) is 4.90 Å². The molecule has 0 spiro atoms. The van der Waals surface area contributed by atoms with Crippen LogP contribution in [0.5, 0.6) is 0 Å². The second-order valence-corrected chi connectivity index (χ2v) is 4.79. The Bertz CT molecular complexity index is 339. The minimum Gasteiger partial charge on any atom is -0.390 e. The van der Waals surface area contributed by atoms with Crippen molar-refractivity contribution in [3.8, 4) is 0 Å². The smallest absolute Gasteiger partial charge is 0.0794 e. The Hall–Kier alpha value is -0.0900. The summed E-state index contributed by atoms with van der Waals surface area (Å²) in [5.74, 6) is 0. The van der Waals surface area contributed by atoms with Gasteiger partial charge in [-0.05, 0) is 27.6 Å². The zero-order valence-corrected chi connectivity index (χ0v) is 9.92. The number of aliphatic hydroxyl groups is 1. The van der Waals surface area contributed by atoms with Crippen molar-refractivity contribution in [1.29, 1.82) is 0 Å². The normalized spacial score (nSPS) is 18.2. The van der Waals surface area contributed by atoms with Crippen molar-refractivity contribution in [3.63, 3.8) is 0 Å². The van der Waals surface area contributed by atoms with Crippen molar-refractivity contribution >= 4 is 27.5 Å². The number of likely N-dealkylation sites (tertiary alicyclic amines) is 1. The molecule has 1 aliphatic rings. The lowest BCUT2D eigenvalue weighted by Gasteiger charge is -2.36. The number of rotatable bonds is 2. The van der Waals surface area contributed by atoms with Gasteiger partial charge in [0.1, 0.15) is 0 Å². The molecule has 1 saturated heterocycles. The SMILES string of the molecule is OC1CN(Cc2cccc(Br)c2Cl)C1. The molecular formula is C10H11BrClNO. The summed E-state index contributed by atoms with van der Waals surface area (Å²) in [5, 5.41) is 9.91. The molecule has 1 aliphatic heterocycles. The van der Waals surface area contributed by atoms with Gasteiger partial charge in [0.15, 0.2) is 0 Å². The second-order valence-electron chi connectivity index (χ2n) is 3.56. The van der Waals surface area contributed by atoms with Crippen LogP contribution in [0, 0.1) is 0 Å². The Labute approximate surface area is 96.6 Å². The van der Waals surface area contributed by atoms with Crippen LogP contribution in [-0.2, 0) is 6.54 Å². The van der Waals surface area contributed by atoms with E-state index in [1.807, 2.05) is 18.2 Å². The Kier molecular flexibility index (Phi) is 3.12. The summed E-state index contributed by atoms with van der Waals surface area (Å²) in [5.41, 5.74) is 1.10. The van der Waals surface area contributed by atoms with E-state index < -0.39 is 0 Å². The van der Waals surface area contributed by atoms with Crippen molar-refractivity contribution in [1.82, 2.24) is 4.90 Å². The predicted molar refractivity (Wildman–Crippen MR) is 60.4 cm³/mol. The van der Waals surface area contributed by atoms with E-state index in [1.54, 1.807) is 0 Å². The molecule has 0 aliphatic carbocycles. The summed E-state index contributed by atoms with van der Waals surface area (Å²) >= 11 is 9.51. The third kappa shape index (κ3) is 2.11. The molecule has 0 amide bonds. The molecule has 4 heteroatoms. The van der Waals surface area contributed by atoms with E-state index in [0.29, 0.717) is 0 Å². The number of aliphatic hydroxyl groups excluding tert-OH is 1. The average molecular weight is 277 g/mol. The molecule has 14 heavy (non-hydrogen) atoms. The van der Waals surface area contributed by atoms with Crippen LogP contribution in [0.4, 0.5) is 0 Å². The molecule has 2 rings (SSSR count). The van der Waals surface area contributed by atoms with Gasteiger partial charge in [-0.25, -0.2) is 0 Å². The third-order valence-corrected chi connectivity index (χ3v) is 3.70. The van der Waals surface area contributed by atoms with Crippen LogP contribution in [0.25, 0.3) is 0 Å². The van der Waals surface area contributed by atoms with Gasteiger partial charge in [0.25, 0.3) is 0 Å². The molecule has 1 heterocycles. The molecule has 1 fully saturated rings. The molecule has 0 atom stereocenters. The van der Waals surface area contributed by atoms with Crippen LogP contribution in [-0.4, -0.2) is 29.2 Å². The molecule has 2 nitrogen and oxygen atoms in total. The van der Waals surface area contributed by atoms with Gasteiger partial charge in [0.05, 0.1) is 11.1 Å². The maximum absolute atomic E-state index is 9.14. The van der Waals surface area contributed by atoms with Crippen LogP contribution in [0.2, 0.25) is 5.02 Å². The standard InChI is InChI=1S/C10H11BrClNO/c11-9-3-1-2-7(10(9)12)4-13-5-8(14)6-13/h1-3,8,14H,4-6H2.